The van der Waals surface area contributed by atoms with E-state index in [0.717, 1.165) is 74.5 Å². The Hall–Kier alpha value is -2.29. The van der Waals surface area contributed by atoms with Crippen molar-refractivity contribution in [2.45, 2.75) is 98.5 Å². The van der Waals surface area contributed by atoms with Crippen molar-refractivity contribution in [3.05, 3.63) is 57.7 Å². The third kappa shape index (κ3) is 7.41. The van der Waals surface area contributed by atoms with Gasteiger partial charge in [-0.05, 0) is 105 Å². The van der Waals surface area contributed by atoms with Crippen molar-refractivity contribution in [3.8, 4) is 11.5 Å². The predicted molar refractivity (Wildman–Crippen MR) is 130 cm³/mol. The van der Waals surface area contributed by atoms with Crippen molar-refractivity contribution in [2.75, 3.05) is 0 Å². The van der Waals surface area contributed by atoms with Crippen LogP contribution in [0.3, 0.4) is 0 Å². The fraction of sp³-hybridized carbons (Fsp3) is 0.536. The van der Waals surface area contributed by atoms with Crippen LogP contribution < -0.4 is 4.74 Å². The SMILES string of the molecule is CC(C)=CCC/C(C)=C/CC/C(C)=C/CCC1(C)CCc2c(C=O)c(O)cc(C)c2O1. The summed E-state index contributed by atoms with van der Waals surface area (Å²) in [5.74, 6) is 0.835. The molecule has 31 heavy (non-hydrogen) atoms. The Bertz CT molecular complexity index is 869. The minimum Gasteiger partial charge on any atom is -0.507 e. The minimum absolute atomic E-state index is 0.0539. The number of hydrogen-bond acceptors (Lipinski definition) is 3. The molecule has 0 saturated heterocycles. The van der Waals surface area contributed by atoms with Crippen LogP contribution in [0.2, 0.25) is 0 Å². The summed E-state index contributed by atoms with van der Waals surface area (Å²) in [7, 11) is 0. The average Bonchev–Trinajstić information content (AvgIpc) is 2.68. The molecule has 2 rings (SSSR count). The number of aryl methyl sites for hydroxylation is 1. The predicted octanol–water partition coefficient (Wildman–Crippen LogP) is 7.80. The lowest BCUT2D eigenvalue weighted by atomic mass is 9.86. The zero-order chi connectivity index (χ0) is 23.0. The van der Waals surface area contributed by atoms with Gasteiger partial charge in [0.15, 0.2) is 6.29 Å². The number of benzene rings is 1. The van der Waals surface area contributed by atoms with Crippen LogP contribution in [-0.4, -0.2) is 17.0 Å². The third-order valence-corrected chi connectivity index (χ3v) is 6.25. The minimum atomic E-state index is -0.243. The van der Waals surface area contributed by atoms with Gasteiger partial charge in [0.25, 0.3) is 0 Å². The van der Waals surface area contributed by atoms with Gasteiger partial charge in [-0.15, -0.1) is 0 Å². The molecule has 0 bridgehead atoms. The molecule has 1 N–H and O–H groups in total. The number of fused-ring (bicyclic) bond motifs is 1. The number of hydrogen-bond donors (Lipinski definition) is 1. The van der Waals surface area contributed by atoms with E-state index in [2.05, 4.69) is 52.8 Å². The van der Waals surface area contributed by atoms with Crippen molar-refractivity contribution in [1.82, 2.24) is 0 Å². The second-order valence-corrected chi connectivity index (χ2v) is 9.60. The van der Waals surface area contributed by atoms with Crippen LogP contribution in [0.15, 0.2) is 41.0 Å². The molecular formula is C28H40O3. The first-order chi connectivity index (χ1) is 14.6. The van der Waals surface area contributed by atoms with Crippen molar-refractivity contribution >= 4 is 6.29 Å². The zero-order valence-corrected chi connectivity index (χ0v) is 20.3. The molecule has 1 aliphatic rings. The van der Waals surface area contributed by atoms with Gasteiger partial charge in [0.05, 0.1) is 5.56 Å². The largest absolute Gasteiger partial charge is 0.507 e. The number of phenols is 1. The maximum atomic E-state index is 11.4. The Morgan fingerprint density at radius 3 is 2.29 bits per heavy atom. The Balaban J connectivity index is 1.87. The first kappa shape index (κ1) is 25.0. The summed E-state index contributed by atoms with van der Waals surface area (Å²) in [6.07, 6.45) is 15.8. The number of ether oxygens (including phenoxy) is 1. The van der Waals surface area contributed by atoms with Gasteiger partial charge in [-0.3, -0.25) is 4.79 Å². The molecule has 1 heterocycles. The van der Waals surface area contributed by atoms with E-state index in [9.17, 15) is 9.90 Å². The normalized spacial score (nSPS) is 18.9. The average molecular weight is 425 g/mol. The smallest absolute Gasteiger partial charge is 0.154 e. The van der Waals surface area contributed by atoms with Gasteiger partial charge in [-0.2, -0.15) is 0 Å². The molecule has 1 aliphatic heterocycles. The van der Waals surface area contributed by atoms with Gasteiger partial charge < -0.3 is 9.84 Å². The van der Waals surface area contributed by atoms with E-state index in [1.807, 2.05) is 6.92 Å². The summed E-state index contributed by atoms with van der Waals surface area (Å²) in [5.41, 5.74) is 6.17. The molecule has 3 nitrogen and oxygen atoms in total. The molecule has 0 radical (unpaired) electrons. The second kappa shape index (κ2) is 11.4. The molecule has 1 aromatic carbocycles. The van der Waals surface area contributed by atoms with Crippen LogP contribution in [0.1, 0.15) is 101 Å². The topological polar surface area (TPSA) is 46.5 Å². The lowest BCUT2D eigenvalue weighted by molar-refractivity contribution is 0.0557. The zero-order valence-electron chi connectivity index (χ0n) is 20.3. The summed E-state index contributed by atoms with van der Waals surface area (Å²) in [4.78, 5) is 11.4. The number of allylic oxidation sites excluding steroid dienone is 6. The lowest BCUT2D eigenvalue weighted by Gasteiger charge is -2.37. The number of aromatic hydroxyl groups is 1. The number of carbonyl (C=O) groups excluding carboxylic acids is 1. The Labute approximate surface area is 188 Å². The number of phenolic OH excluding ortho intramolecular Hbond substituents is 1. The van der Waals surface area contributed by atoms with Gasteiger partial charge in [0.2, 0.25) is 0 Å². The molecule has 170 valence electrons. The first-order valence-electron chi connectivity index (χ1n) is 11.6. The van der Waals surface area contributed by atoms with Gasteiger partial charge in [0, 0.05) is 5.56 Å². The molecule has 0 fully saturated rings. The monoisotopic (exact) mass is 424 g/mol. The molecule has 0 amide bonds. The molecule has 0 aromatic heterocycles. The molecule has 0 aliphatic carbocycles. The van der Waals surface area contributed by atoms with Gasteiger partial charge in [0.1, 0.15) is 17.1 Å². The van der Waals surface area contributed by atoms with Crippen LogP contribution in [0.5, 0.6) is 11.5 Å². The van der Waals surface area contributed by atoms with Crippen LogP contribution in [-0.2, 0) is 6.42 Å². The fourth-order valence-electron chi connectivity index (χ4n) is 4.21. The maximum absolute atomic E-state index is 11.4. The van der Waals surface area contributed by atoms with E-state index >= 15 is 0 Å². The van der Waals surface area contributed by atoms with Crippen molar-refractivity contribution in [1.29, 1.82) is 0 Å². The quantitative estimate of drug-likeness (QED) is 0.308. The molecule has 1 atom stereocenters. The Kier molecular flexibility index (Phi) is 9.15. The van der Waals surface area contributed by atoms with E-state index in [4.69, 9.17) is 4.74 Å². The number of aldehydes is 1. The summed E-state index contributed by atoms with van der Waals surface area (Å²) >= 11 is 0. The highest BCUT2D eigenvalue weighted by molar-refractivity contribution is 5.83. The van der Waals surface area contributed by atoms with Crippen LogP contribution >= 0.6 is 0 Å². The van der Waals surface area contributed by atoms with Gasteiger partial charge in [-0.1, -0.05) is 34.9 Å². The molecule has 0 saturated carbocycles. The van der Waals surface area contributed by atoms with Gasteiger partial charge >= 0.3 is 0 Å². The van der Waals surface area contributed by atoms with Crippen molar-refractivity contribution < 1.29 is 14.6 Å². The maximum Gasteiger partial charge on any atom is 0.154 e. The second-order valence-electron chi connectivity index (χ2n) is 9.60. The van der Waals surface area contributed by atoms with Crippen molar-refractivity contribution in [2.24, 2.45) is 0 Å². The van der Waals surface area contributed by atoms with Crippen LogP contribution in [0.4, 0.5) is 0 Å². The van der Waals surface area contributed by atoms with E-state index in [0.29, 0.717) is 5.56 Å². The van der Waals surface area contributed by atoms with Crippen LogP contribution in [0.25, 0.3) is 0 Å². The number of carbonyl (C=O) groups is 1. The summed E-state index contributed by atoms with van der Waals surface area (Å²) in [6, 6.07) is 1.63. The highest BCUT2D eigenvalue weighted by Crippen LogP contribution is 2.42. The summed E-state index contributed by atoms with van der Waals surface area (Å²) in [5, 5.41) is 10.0. The first-order valence-corrected chi connectivity index (χ1v) is 11.6. The fourth-order valence-corrected chi connectivity index (χ4v) is 4.21. The molecule has 1 unspecified atom stereocenters. The molecule has 3 heteroatoms. The van der Waals surface area contributed by atoms with Gasteiger partial charge in [-0.25, -0.2) is 0 Å². The van der Waals surface area contributed by atoms with E-state index < -0.39 is 0 Å². The molecular weight excluding hydrogens is 384 g/mol. The Morgan fingerprint density at radius 1 is 1.06 bits per heavy atom. The lowest BCUT2D eigenvalue weighted by Crippen LogP contribution is -2.36. The summed E-state index contributed by atoms with van der Waals surface area (Å²) in [6.45, 7) is 12.8. The number of rotatable bonds is 10. The van der Waals surface area contributed by atoms with E-state index in [-0.39, 0.29) is 11.4 Å². The van der Waals surface area contributed by atoms with Crippen molar-refractivity contribution in [3.63, 3.8) is 0 Å². The van der Waals surface area contributed by atoms with E-state index in [1.165, 1.54) is 16.7 Å². The highest BCUT2D eigenvalue weighted by atomic mass is 16.5. The van der Waals surface area contributed by atoms with E-state index in [1.54, 1.807) is 6.07 Å². The molecule has 0 spiro atoms. The Morgan fingerprint density at radius 2 is 1.68 bits per heavy atom. The standard InChI is InChI=1S/C28H40O3/c1-20(2)10-7-11-21(3)12-8-13-22(4)14-9-16-28(6)17-15-24-25(19-29)26(30)18-23(5)27(24)31-28/h10,12,14,18-19,30H,7-9,11,13,15-17H2,1-6H3/b21-12+,22-14+. The summed E-state index contributed by atoms with van der Waals surface area (Å²) < 4.78 is 6.38. The highest BCUT2D eigenvalue weighted by Gasteiger charge is 2.33. The third-order valence-electron chi connectivity index (χ3n) is 6.25. The molecule has 1 aromatic rings. The van der Waals surface area contributed by atoms with Crippen LogP contribution in [0, 0.1) is 6.92 Å².